The lowest BCUT2D eigenvalue weighted by Crippen LogP contribution is -2.51. The molecule has 0 aromatic rings. The van der Waals surface area contributed by atoms with Gasteiger partial charge in [-0.05, 0) is 56.8 Å². The number of aliphatic hydroxyl groups is 2. The van der Waals surface area contributed by atoms with Crippen LogP contribution < -0.4 is 0 Å². The zero-order valence-corrected chi connectivity index (χ0v) is 12.6. The number of rotatable bonds is 0. The minimum absolute atomic E-state index is 0.109. The maximum Gasteiger partial charge on any atom is 0.0713 e. The van der Waals surface area contributed by atoms with Crippen molar-refractivity contribution in [2.45, 2.75) is 76.4 Å². The first-order valence-corrected chi connectivity index (χ1v) is 8.65. The van der Waals surface area contributed by atoms with Crippen molar-refractivity contribution >= 4 is 0 Å². The molecule has 112 valence electrons. The zero-order chi connectivity index (χ0) is 14.0. The summed E-state index contributed by atoms with van der Waals surface area (Å²) in [5.74, 6) is 1.73. The molecule has 2 nitrogen and oxygen atoms in total. The summed E-state index contributed by atoms with van der Waals surface area (Å²) in [6, 6.07) is 0. The first-order chi connectivity index (χ1) is 9.55. The topological polar surface area (TPSA) is 40.5 Å². The van der Waals surface area contributed by atoms with E-state index >= 15 is 0 Å². The predicted octanol–water partition coefficient (Wildman–Crippen LogP) is 3.43. The molecule has 0 aromatic carbocycles. The van der Waals surface area contributed by atoms with Crippen molar-refractivity contribution in [2.24, 2.45) is 23.2 Å². The van der Waals surface area contributed by atoms with Gasteiger partial charge in [0.2, 0.25) is 0 Å². The molecule has 20 heavy (non-hydrogen) atoms. The molecule has 2 heteroatoms. The summed E-state index contributed by atoms with van der Waals surface area (Å²) >= 11 is 0. The van der Waals surface area contributed by atoms with Gasteiger partial charge in [0.15, 0.2) is 0 Å². The van der Waals surface area contributed by atoms with Crippen LogP contribution in [-0.4, -0.2) is 21.9 Å². The van der Waals surface area contributed by atoms with E-state index in [-0.39, 0.29) is 11.5 Å². The Balaban J connectivity index is 1.69. The lowest BCUT2D eigenvalue weighted by atomic mass is 9.53. The van der Waals surface area contributed by atoms with Crippen LogP contribution in [0.5, 0.6) is 0 Å². The lowest BCUT2D eigenvalue weighted by molar-refractivity contribution is -0.0781. The van der Waals surface area contributed by atoms with Crippen LogP contribution in [0.2, 0.25) is 0 Å². The second-order valence-corrected chi connectivity index (χ2v) is 8.16. The maximum atomic E-state index is 11.0. The van der Waals surface area contributed by atoms with Crippen LogP contribution in [0.3, 0.4) is 0 Å². The fraction of sp³-hybridized carbons (Fsp3) is 0.889. The first kappa shape index (κ1) is 13.3. The Morgan fingerprint density at radius 1 is 1.10 bits per heavy atom. The molecule has 0 radical (unpaired) electrons. The first-order valence-electron chi connectivity index (χ1n) is 8.65. The third-order valence-electron chi connectivity index (χ3n) is 7.34. The van der Waals surface area contributed by atoms with E-state index in [1.54, 1.807) is 5.57 Å². The third kappa shape index (κ3) is 1.64. The van der Waals surface area contributed by atoms with Crippen molar-refractivity contribution in [1.82, 2.24) is 0 Å². The molecule has 4 rings (SSSR count). The summed E-state index contributed by atoms with van der Waals surface area (Å²) < 4.78 is 0. The van der Waals surface area contributed by atoms with Crippen LogP contribution in [0.4, 0.5) is 0 Å². The Bertz CT molecular complexity index is 443. The van der Waals surface area contributed by atoms with Crippen LogP contribution in [0.1, 0.15) is 64.7 Å². The monoisotopic (exact) mass is 276 g/mol. The fourth-order valence-corrected chi connectivity index (χ4v) is 6.09. The summed E-state index contributed by atoms with van der Waals surface area (Å²) in [5.41, 5.74) is 1.29. The Morgan fingerprint density at radius 2 is 1.95 bits per heavy atom. The molecule has 0 bridgehead atoms. The molecule has 0 saturated heterocycles. The van der Waals surface area contributed by atoms with Gasteiger partial charge < -0.3 is 10.2 Å². The summed E-state index contributed by atoms with van der Waals surface area (Å²) in [7, 11) is 0. The second-order valence-electron chi connectivity index (χ2n) is 8.16. The smallest absolute Gasteiger partial charge is 0.0713 e. The third-order valence-corrected chi connectivity index (χ3v) is 7.34. The summed E-state index contributed by atoms with van der Waals surface area (Å²) in [5, 5.41) is 21.4. The van der Waals surface area contributed by atoms with Gasteiger partial charge in [-0.15, -0.1) is 0 Å². The standard InChI is InChI=1S/C18H28O2/c1-17-10-7-13-12(14(17)5-6-16(17)19)8-11-18(20)9-3-2-4-15(13)18/h7,12,14-16,19-20H,2-6,8-11H2,1H3/t12-,14+,15-,16+,17+,18+/m1/s1. The largest absolute Gasteiger partial charge is 0.393 e. The van der Waals surface area contributed by atoms with Crippen molar-refractivity contribution in [3.05, 3.63) is 11.6 Å². The number of fused-ring (bicyclic) bond motifs is 5. The molecule has 4 aliphatic rings. The van der Waals surface area contributed by atoms with Crippen molar-refractivity contribution in [1.29, 1.82) is 0 Å². The number of aliphatic hydroxyl groups excluding tert-OH is 1. The second kappa shape index (κ2) is 4.33. The van der Waals surface area contributed by atoms with Crippen LogP contribution >= 0.6 is 0 Å². The summed E-state index contributed by atoms with van der Waals surface area (Å²) in [4.78, 5) is 0. The van der Waals surface area contributed by atoms with E-state index in [9.17, 15) is 10.2 Å². The van der Waals surface area contributed by atoms with E-state index in [1.807, 2.05) is 0 Å². The van der Waals surface area contributed by atoms with E-state index in [2.05, 4.69) is 13.0 Å². The van der Waals surface area contributed by atoms with Crippen molar-refractivity contribution < 1.29 is 10.2 Å². The predicted molar refractivity (Wildman–Crippen MR) is 79.2 cm³/mol. The molecule has 0 heterocycles. The van der Waals surface area contributed by atoms with Gasteiger partial charge >= 0.3 is 0 Å². The van der Waals surface area contributed by atoms with Gasteiger partial charge in [0, 0.05) is 11.3 Å². The number of allylic oxidation sites excluding steroid dienone is 1. The maximum absolute atomic E-state index is 11.0. The highest BCUT2D eigenvalue weighted by Crippen LogP contribution is 2.60. The van der Waals surface area contributed by atoms with Crippen molar-refractivity contribution in [3.63, 3.8) is 0 Å². The van der Waals surface area contributed by atoms with Gasteiger partial charge in [-0.25, -0.2) is 0 Å². The molecule has 0 unspecified atom stereocenters. The Kier molecular flexibility index (Phi) is 2.89. The van der Waals surface area contributed by atoms with Crippen molar-refractivity contribution in [2.75, 3.05) is 0 Å². The molecule has 6 atom stereocenters. The molecule has 3 fully saturated rings. The molecule has 0 aromatic heterocycles. The summed E-state index contributed by atoms with van der Waals surface area (Å²) in [6.07, 6.45) is 12.3. The Hall–Kier alpha value is -0.340. The molecular formula is C18H28O2. The van der Waals surface area contributed by atoms with Crippen molar-refractivity contribution in [3.8, 4) is 0 Å². The Labute approximate surface area is 122 Å². The van der Waals surface area contributed by atoms with Gasteiger partial charge in [0.25, 0.3) is 0 Å². The van der Waals surface area contributed by atoms with E-state index in [1.165, 1.54) is 25.7 Å². The Morgan fingerprint density at radius 3 is 2.80 bits per heavy atom. The molecule has 0 spiro atoms. The van der Waals surface area contributed by atoms with Crippen LogP contribution in [0, 0.1) is 23.2 Å². The van der Waals surface area contributed by atoms with E-state index in [0.29, 0.717) is 17.8 Å². The molecule has 3 saturated carbocycles. The van der Waals surface area contributed by atoms with Gasteiger partial charge in [-0.3, -0.25) is 0 Å². The van der Waals surface area contributed by atoms with E-state index < -0.39 is 5.60 Å². The number of hydrogen-bond acceptors (Lipinski definition) is 2. The molecule has 0 aliphatic heterocycles. The SMILES string of the molecule is C[C@]12CC=C3[C@@H](CC[C@@]4(O)CCCC[C@H]34)[C@@H]1CC[C@@H]2O. The van der Waals surface area contributed by atoms with Gasteiger partial charge in [0.05, 0.1) is 11.7 Å². The van der Waals surface area contributed by atoms with Gasteiger partial charge in [0.1, 0.15) is 0 Å². The average molecular weight is 276 g/mol. The molecule has 2 N–H and O–H groups in total. The quantitative estimate of drug-likeness (QED) is 0.666. The highest BCUT2D eigenvalue weighted by Gasteiger charge is 2.56. The molecular weight excluding hydrogens is 248 g/mol. The highest BCUT2D eigenvalue weighted by molar-refractivity contribution is 5.27. The van der Waals surface area contributed by atoms with Gasteiger partial charge in [-0.1, -0.05) is 31.4 Å². The minimum Gasteiger partial charge on any atom is -0.393 e. The fourth-order valence-electron chi connectivity index (χ4n) is 6.09. The molecule has 4 aliphatic carbocycles. The van der Waals surface area contributed by atoms with Crippen LogP contribution in [0.15, 0.2) is 11.6 Å². The lowest BCUT2D eigenvalue weighted by Gasteiger charge is -2.53. The normalized spacial score (nSPS) is 54.6. The minimum atomic E-state index is -0.397. The van der Waals surface area contributed by atoms with E-state index in [4.69, 9.17) is 0 Å². The van der Waals surface area contributed by atoms with Crippen LogP contribution in [0.25, 0.3) is 0 Å². The highest BCUT2D eigenvalue weighted by atomic mass is 16.3. The number of hydrogen-bond donors (Lipinski definition) is 2. The summed E-state index contributed by atoms with van der Waals surface area (Å²) in [6.45, 7) is 2.30. The zero-order valence-electron chi connectivity index (χ0n) is 12.6. The average Bonchev–Trinajstić information content (AvgIpc) is 2.74. The molecule has 0 amide bonds. The van der Waals surface area contributed by atoms with Crippen LogP contribution in [-0.2, 0) is 0 Å². The van der Waals surface area contributed by atoms with Gasteiger partial charge in [-0.2, -0.15) is 0 Å². The van der Waals surface area contributed by atoms with E-state index in [0.717, 1.165) is 32.1 Å².